The fourth-order valence-corrected chi connectivity index (χ4v) is 2.06. The molecule has 0 unspecified atom stereocenters. The monoisotopic (exact) mass is 327 g/mol. The van der Waals surface area contributed by atoms with Crippen molar-refractivity contribution >= 4 is 11.6 Å². The molecule has 2 aromatic carbocycles. The maximum Gasteiger partial charge on any atom is 0.255 e. The molecule has 0 atom stereocenters. The van der Waals surface area contributed by atoms with Crippen LogP contribution >= 0.6 is 0 Å². The van der Waals surface area contributed by atoms with Crippen LogP contribution in [0, 0.1) is 5.92 Å². The Hall–Kier alpha value is -2.49. The second kappa shape index (κ2) is 8.39. The molecule has 4 nitrogen and oxygen atoms in total. The Labute approximate surface area is 143 Å². The second-order valence-corrected chi connectivity index (χ2v) is 6.37. The fourth-order valence-electron chi connectivity index (χ4n) is 2.06. The number of carbonyl (C=O) groups excluding carboxylic acids is 1. The van der Waals surface area contributed by atoms with Crippen LogP contribution in [-0.4, -0.2) is 18.6 Å². The molecule has 0 aromatic heterocycles. The normalized spacial score (nSPS) is 10.8. The number of ether oxygens (including phenoxy) is 2. The molecule has 0 bridgehead atoms. The van der Waals surface area contributed by atoms with Crippen LogP contribution in [0.4, 0.5) is 5.69 Å². The summed E-state index contributed by atoms with van der Waals surface area (Å²) in [7, 11) is 0. The Morgan fingerprint density at radius 1 is 0.917 bits per heavy atom. The van der Waals surface area contributed by atoms with Crippen LogP contribution in [0.25, 0.3) is 0 Å². The molecule has 2 rings (SSSR count). The highest BCUT2D eigenvalue weighted by Gasteiger charge is 2.07. The number of rotatable bonds is 7. The summed E-state index contributed by atoms with van der Waals surface area (Å²) in [4.78, 5) is 12.3. The van der Waals surface area contributed by atoms with Crippen molar-refractivity contribution in [3.8, 4) is 11.5 Å². The van der Waals surface area contributed by atoms with Gasteiger partial charge >= 0.3 is 0 Å². The number of hydrogen-bond donors (Lipinski definition) is 1. The average Bonchev–Trinajstić information content (AvgIpc) is 2.54. The molecule has 0 heterocycles. The van der Waals surface area contributed by atoms with Gasteiger partial charge in [-0.3, -0.25) is 4.79 Å². The minimum atomic E-state index is -0.151. The maximum atomic E-state index is 12.3. The van der Waals surface area contributed by atoms with Crippen molar-refractivity contribution in [1.82, 2.24) is 0 Å². The molecule has 4 heteroatoms. The maximum absolute atomic E-state index is 12.3. The van der Waals surface area contributed by atoms with Crippen LogP contribution in [-0.2, 0) is 0 Å². The zero-order valence-electron chi connectivity index (χ0n) is 14.7. The van der Waals surface area contributed by atoms with Gasteiger partial charge in [-0.25, -0.2) is 0 Å². The standard InChI is InChI=1S/C20H25NO3/c1-14(2)13-23-18-11-7-17(8-12-18)21-20(22)16-5-9-19(10-6-16)24-15(3)4/h5-12,14-15H,13H2,1-4H3,(H,21,22). The van der Waals surface area contributed by atoms with E-state index < -0.39 is 0 Å². The van der Waals surface area contributed by atoms with E-state index in [4.69, 9.17) is 9.47 Å². The summed E-state index contributed by atoms with van der Waals surface area (Å²) in [5, 5.41) is 2.88. The molecular weight excluding hydrogens is 302 g/mol. The number of anilines is 1. The molecule has 128 valence electrons. The largest absolute Gasteiger partial charge is 0.493 e. The highest BCUT2D eigenvalue weighted by atomic mass is 16.5. The average molecular weight is 327 g/mol. The molecule has 0 radical (unpaired) electrons. The van der Waals surface area contributed by atoms with Crippen LogP contribution < -0.4 is 14.8 Å². The van der Waals surface area contributed by atoms with Crippen molar-refractivity contribution in [2.75, 3.05) is 11.9 Å². The van der Waals surface area contributed by atoms with Crippen molar-refractivity contribution in [2.45, 2.75) is 33.8 Å². The summed E-state index contributed by atoms with van der Waals surface area (Å²) in [6.45, 7) is 8.82. The first-order valence-corrected chi connectivity index (χ1v) is 8.25. The van der Waals surface area contributed by atoms with Gasteiger partial charge in [-0.05, 0) is 68.3 Å². The molecule has 0 aliphatic carbocycles. The van der Waals surface area contributed by atoms with Crippen LogP contribution in [0.15, 0.2) is 48.5 Å². The highest BCUT2D eigenvalue weighted by Crippen LogP contribution is 2.18. The van der Waals surface area contributed by atoms with Gasteiger partial charge in [0.05, 0.1) is 12.7 Å². The van der Waals surface area contributed by atoms with E-state index in [9.17, 15) is 4.79 Å². The van der Waals surface area contributed by atoms with Gasteiger partial charge in [0.2, 0.25) is 0 Å². The third-order valence-electron chi connectivity index (χ3n) is 3.18. The number of amides is 1. The van der Waals surface area contributed by atoms with Gasteiger partial charge < -0.3 is 14.8 Å². The lowest BCUT2D eigenvalue weighted by molar-refractivity contribution is 0.102. The van der Waals surface area contributed by atoms with Crippen LogP contribution in [0.1, 0.15) is 38.1 Å². The summed E-state index contributed by atoms with van der Waals surface area (Å²) in [5.74, 6) is 1.89. The topological polar surface area (TPSA) is 47.6 Å². The predicted octanol–water partition coefficient (Wildman–Crippen LogP) is 4.76. The summed E-state index contributed by atoms with van der Waals surface area (Å²) in [6.07, 6.45) is 0.112. The van der Waals surface area contributed by atoms with Crippen molar-refractivity contribution < 1.29 is 14.3 Å². The number of carbonyl (C=O) groups is 1. The Morgan fingerprint density at radius 3 is 2.04 bits per heavy atom. The number of hydrogen-bond acceptors (Lipinski definition) is 3. The van der Waals surface area contributed by atoms with Gasteiger partial charge in [-0.1, -0.05) is 13.8 Å². The van der Waals surface area contributed by atoms with Gasteiger partial charge in [0.15, 0.2) is 0 Å². The zero-order valence-corrected chi connectivity index (χ0v) is 14.7. The van der Waals surface area contributed by atoms with Crippen LogP contribution in [0.2, 0.25) is 0 Å². The van der Waals surface area contributed by atoms with E-state index in [-0.39, 0.29) is 12.0 Å². The van der Waals surface area contributed by atoms with Crippen LogP contribution in [0.5, 0.6) is 11.5 Å². The predicted molar refractivity (Wildman–Crippen MR) is 96.9 cm³/mol. The Bertz CT molecular complexity index is 646. The molecule has 0 saturated carbocycles. The first-order valence-electron chi connectivity index (χ1n) is 8.25. The molecule has 0 fully saturated rings. The Balaban J connectivity index is 1.94. The van der Waals surface area contributed by atoms with Gasteiger partial charge in [0, 0.05) is 11.3 Å². The quantitative estimate of drug-likeness (QED) is 0.797. The summed E-state index contributed by atoms with van der Waals surface area (Å²) >= 11 is 0. The lowest BCUT2D eigenvalue weighted by Crippen LogP contribution is -2.12. The van der Waals surface area contributed by atoms with E-state index in [1.165, 1.54) is 0 Å². The van der Waals surface area contributed by atoms with E-state index in [2.05, 4.69) is 19.2 Å². The van der Waals surface area contributed by atoms with Gasteiger partial charge in [0.1, 0.15) is 11.5 Å². The third-order valence-corrected chi connectivity index (χ3v) is 3.18. The number of nitrogens with one attached hydrogen (secondary N) is 1. The van der Waals surface area contributed by atoms with Crippen molar-refractivity contribution in [3.05, 3.63) is 54.1 Å². The Morgan fingerprint density at radius 2 is 1.50 bits per heavy atom. The van der Waals surface area contributed by atoms with Crippen molar-refractivity contribution in [2.24, 2.45) is 5.92 Å². The van der Waals surface area contributed by atoms with Gasteiger partial charge in [-0.15, -0.1) is 0 Å². The first kappa shape index (κ1) is 17.9. The molecule has 1 amide bonds. The van der Waals surface area contributed by atoms with E-state index in [1.807, 2.05) is 38.1 Å². The fraction of sp³-hybridized carbons (Fsp3) is 0.350. The molecule has 0 spiro atoms. The molecule has 0 aliphatic rings. The van der Waals surface area contributed by atoms with Gasteiger partial charge in [-0.2, -0.15) is 0 Å². The lowest BCUT2D eigenvalue weighted by atomic mass is 10.2. The highest BCUT2D eigenvalue weighted by molar-refractivity contribution is 6.04. The van der Waals surface area contributed by atoms with E-state index >= 15 is 0 Å². The minimum absolute atomic E-state index is 0.112. The molecule has 0 saturated heterocycles. The van der Waals surface area contributed by atoms with E-state index in [0.717, 1.165) is 17.2 Å². The summed E-state index contributed by atoms with van der Waals surface area (Å²) < 4.78 is 11.2. The summed E-state index contributed by atoms with van der Waals surface area (Å²) in [5.41, 5.74) is 1.32. The van der Waals surface area contributed by atoms with E-state index in [1.54, 1.807) is 24.3 Å². The summed E-state index contributed by atoms with van der Waals surface area (Å²) in [6, 6.07) is 14.5. The SMILES string of the molecule is CC(C)COc1ccc(NC(=O)c2ccc(OC(C)C)cc2)cc1. The molecule has 1 N–H and O–H groups in total. The molecule has 2 aromatic rings. The first-order chi connectivity index (χ1) is 11.4. The second-order valence-electron chi connectivity index (χ2n) is 6.37. The van der Waals surface area contributed by atoms with Crippen molar-refractivity contribution in [3.63, 3.8) is 0 Å². The number of benzene rings is 2. The molecule has 0 aliphatic heterocycles. The Kier molecular flexibility index (Phi) is 6.24. The van der Waals surface area contributed by atoms with Gasteiger partial charge in [0.25, 0.3) is 5.91 Å². The molecule has 24 heavy (non-hydrogen) atoms. The zero-order chi connectivity index (χ0) is 17.5. The minimum Gasteiger partial charge on any atom is -0.493 e. The third kappa shape index (κ3) is 5.61. The van der Waals surface area contributed by atoms with E-state index in [0.29, 0.717) is 18.1 Å². The van der Waals surface area contributed by atoms with Crippen molar-refractivity contribution in [1.29, 1.82) is 0 Å². The lowest BCUT2D eigenvalue weighted by Gasteiger charge is -2.11. The smallest absolute Gasteiger partial charge is 0.255 e. The molecular formula is C20H25NO3. The van der Waals surface area contributed by atoms with Crippen LogP contribution in [0.3, 0.4) is 0 Å².